The van der Waals surface area contributed by atoms with Crippen molar-refractivity contribution in [3.8, 4) is 0 Å². The summed E-state index contributed by atoms with van der Waals surface area (Å²) in [6.07, 6.45) is 2.79. The summed E-state index contributed by atoms with van der Waals surface area (Å²) in [7, 11) is 2.06. The van der Waals surface area contributed by atoms with Gasteiger partial charge in [-0.1, -0.05) is 20.8 Å². The zero-order chi connectivity index (χ0) is 11.3. The highest BCUT2D eigenvalue weighted by Gasteiger charge is 2.20. The van der Waals surface area contributed by atoms with E-state index in [-0.39, 0.29) is 0 Å². The van der Waals surface area contributed by atoms with Crippen LogP contribution in [0.2, 0.25) is 0 Å². The van der Waals surface area contributed by atoms with Gasteiger partial charge in [-0.2, -0.15) is 0 Å². The Morgan fingerprint density at radius 3 is 2.33 bits per heavy atom. The zero-order valence-electron chi connectivity index (χ0n) is 10.9. The van der Waals surface area contributed by atoms with Crippen LogP contribution >= 0.6 is 0 Å². The molecule has 1 N–H and O–H groups in total. The second-order valence-corrected chi connectivity index (χ2v) is 5.54. The first-order chi connectivity index (χ1) is 7.13. The zero-order valence-corrected chi connectivity index (χ0v) is 10.9. The number of likely N-dealkylation sites (tertiary alicyclic amines) is 1. The number of piperidine rings is 1. The SMILES string of the molecule is CNCC(CN1CCC(C)CC1)C(C)C. The molecule has 0 saturated carbocycles. The van der Waals surface area contributed by atoms with Crippen molar-refractivity contribution in [1.29, 1.82) is 0 Å². The number of nitrogens with one attached hydrogen (secondary N) is 1. The van der Waals surface area contributed by atoms with Crippen molar-refractivity contribution in [3.05, 3.63) is 0 Å². The molecule has 90 valence electrons. The fourth-order valence-electron chi connectivity index (χ4n) is 2.35. The number of hydrogen-bond donors (Lipinski definition) is 1. The summed E-state index contributed by atoms with van der Waals surface area (Å²) in [5, 5.41) is 3.32. The first-order valence-electron chi connectivity index (χ1n) is 6.50. The Hall–Kier alpha value is -0.0800. The van der Waals surface area contributed by atoms with Gasteiger partial charge in [-0.3, -0.25) is 0 Å². The predicted octanol–water partition coefficient (Wildman–Crippen LogP) is 2.21. The molecule has 1 saturated heterocycles. The second kappa shape index (κ2) is 6.49. The number of hydrogen-bond acceptors (Lipinski definition) is 2. The summed E-state index contributed by atoms with van der Waals surface area (Å²) in [5.41, 5.74) is 0. The van der Waals surface area contributed by atoms with E-state index in [1.165, 1.54) is 32.5 Å². The fourth-order valence-corrected chi connectivity index (χ4v) is 2.35. The molecule has 0 aromatic rings. The van der Waals surface area contributed by atoms with Crippen molar-refractivity contribution < 1.29 is 0 Å². The molecule has 0 radical (unpaired) electrons. The highest BCUT2D eigenvalue weighted by Crippen LogP contribution is 2.19. The van der Waals surface area contributed by atoms with Crippen LogP contribution in [-0.2, 0) is 0 Å². The smallest absolute Gasteiger partial charge is 0.00242 e. The molecule has 1 fully saturated rings. The molecule has 1 unspecified atom stereocenters. The Morgan fingerprint density at radius 2 is 1.87 bits per heavy atom. The van der Waals surface area contributed by atoms with Crippen molar-refractivity contribution in [3.63, 3.8) is 0 Å². The normalized spacial score (nSPS) is 22.2. The summed E-state index contributed by atoms with van der Waals surface area (Å²) in [6.45, 7) is 12.1. The molecule has 0 aromatic heterocycles. The maximum absolute atomic E-state index is 3.32. The molecule has 2 heteroatoms. The molecule has 15 heavy (non-hydrogen) atoms. The Balaban J connectivity index is 2.31. The lowest BCUT2D eigenvalue weighted by molar-refractivity contribution is 0.150. The van der Waals surface area contributed by atoms with E-state index in [1.807, 2.05) is 0 Å². The first-order valence-corrected chi connectivity index (χ1v) is 6.50. The third kappa shape index (κ3) is 4.52. The van der Waals surface area contributed by atoms with E-state index in [0.29, 0.717) is 0 Å². The van der Waals surface area contributed by atoms with Gasteiger partial charge in [0.05, 0.1) is 0 Å². The van der Waals surface area contributed by atoms with Crippen LogP contribution in [0.25, 0.3) is 0 Å². The van der Waals surface area contributed by atoms with Gasteiger partial charge in [0.1, 0.15) is 0 Å². The minimum Gasteiger partial charge on any atom is -0.319 e. The van der Waals surface area contributed by atoms with Gasteiger partial charge >= 0.3 is 0 Å². The fraction of sp³-hybridized carbons (Fsp3) is 1.00. The van der Waals surface area contributed by atoms with Crippen LogP contribution in [0, 0.1) is 17.8 Å². The van der Waals surface area contributed by atoms with Crippen molar-refractivity contribution in [1.82, 2.24) is 10.2 Å². The molecule has 1 rings (SSSR count). The van der Waals surface area contributed by atoms with E-state index in [4.69, 9.17) is 0 Å². The third-order valence-electron chi connectivity index (χ3n) is 3.78. The van der Waals surface area contributed by atoms with Crippen LogP contribution in [0.15, 0.2) is 0 Å². The topological polar surface area (TPSA) is 15.3 Å². The lowest BCUT2D eigenvalue weighted by Crippen LogP contribution is -2.40. The summed E-state index contributed by atoms with van der Waals surface area (Å²) >= 11 is 0. The van der Waals surface area contributed by atoms with E-state index in [0.717, 1.165) is 24.3 Å². The standard InChI is InChI=1S/C13H28N2/c1-11(2)13(9-14-4)10-15-7-5-12(3)6-8-15/h11-14H,5-10H2,1-4H3. The van der Waals surface area contributed by atoms with Gasteiger partial charge in [0.2, 0.25) is 0 Å². The van der Waals surface area contributed by atoms with Gasteiger partial charge in [-0.05, 0) is 57.3 Å². The maximum atomic E-state index is 3.32. The lowest BCUT2D eigenvalue weighted by Gasteiger charge is -2.34. The van der Waals surface area contributed by atoms with Gasteiger partial charge in [-0.15, -0.1) is 0 Å². The van der Waals surface area contributed by atoms with Crippen molar-refractivity contribution in [2.45, 2.75) is 33.6 Å². The van der Waals surface area contributed by atoms with Crippen LogP contribution < -0.4 is 5.32 Å². The number of nitrogens with zero attached hydrogens (tertiary/aromatic N) is 1. The molecule has 1 aliphatic heterocycles. The average Bonchev–Trinajstić information content (AvgIpc) is 2.20. The van der Waals surface area contributed by atoms with Crippen LogP contribution in [0.4, 0.5) is 0 Å². The minimum absolute atomic E-state index is 0.789. The molecule has 2 nitrogen and oxygen atoms in total. The molecular formula is C13H28N2. The average molecular weight is 212 g/mol. The van der Waals surface area contributed by atoms with E-state index < -0.39 is 0 Å². The molecule has 0 aliphatic carbocycles. The van der Waals surface area contributed by atoms with Crippen molar-refractivity contribution >= 4 is 0 Å². The molecule has 1 aliphatic rings. The van der Waals surface area contributed by atoms with E-state index in [1.54, 1.807) is 0 Å². The molecule has 0 aromatic carbocycles. The molecule has 0 bridgehead atoms. The van der Waals surface area contributed by atoms with E-state index >= 15 is 0 Å². The maximum Gasteiger partial charge on any atom is 0.00242 e. The van der Waals surface area contributed by atoms with Crippen LogP contribution in [0.3, 0.4) is 0 Å². The summed E-state index contributed by atoms with van der Waals surface area (Å²) < 4.78 is 0. The summed E-state index contributed by atoms with van der Waals surface area (Å²) in [5.74, 6) is 2.54. The molecule has 1 heterocycles. The van der Waals surface area contributed by atoms with Crippen molar-refractivity contribution in [2.75, 3.05) is 33.2 Å². The predicted molar refractivity (Wildman–Crippen MR) is 67.1 cm³/mol. The largest absolute Gasteiger partial charge is 0.319 e. The minimum atomic E-state index is 0.789. The first kappa shape index (κ1) is 13.0. The summed E-state index contributed by atoms with van der Waals surface area (Å²) in [6, 6.07) is 0. The monoisotopic (exact) mass is 212 g/mol. The highest BCUT2D eigenvalue weighted by atomic mass is 15.1. The molecular weight excluding hydrogens is 184 g/mol. The second-order valence-electron chi connectivity index (χ2n) is 5.54. The quantitative estimate of drug-likeness (QED) is 0.751. The summed E-state index contributed by atoms with van der Waals surface area (Å²) in [4.78, 5) is 2.65. The Bertz CT molecular complexity index is 160. The van der Waals surface area contributed by atoms with Gasteiger partial charge in [-0.25, -0.2) is 0 Å². The Labute approximate surface area is 95.4 Å². The van der Waals surface area contributed by atoms with Gasteiger partial charge in [0.15, 0.2) is 0 Å². The van der Waals surface area contributed by atoms with Crippen LogP contribution in [0.5, 0.6) is 0 Å². The highest BCUT2D eigenvalue weighted by molar-refractivity contribution is 4.75. The van der Waals surface area contributed by atoms with Crippen molar-refractivity contribution in [2.24, 2.45) is 17.8 Å². The molecule has 1 atom stereocenters. The van der Waals surface area contributed by atoms with Crippen LogP contribution in [-0.4, -0.2) is 38.1 Å². The third-order valence-corrected chi connectivity index (χ3v) is 3.78. The van der Waals surface area contributed by atoms with Gasteiger partial charge in [0.25, 0.3) is 0 Å². The Morgan fingerprint density at radius 1 is 1.27 bits per heavy atom. The molecule has 0 spiro atoms. The Kier molecular flexibility index (Phi) is 5.62. The van der Waals surface area contributed by atoms with Crippen LogP contribution in [0.1, 0.15) is 33.6 Å². The van der Waals surface area contributed by atoms with Gasteiger partial charge in [0, 0.05) is 6.54 Å². The van der Waals surface area contributed by atoms with E-state index in [9.17, 15) is 0 Å². The number of rotatable bonds is 5. The lowest BCUT2D eigenvalue weighted by atomic mass is 9.93. The molecule has 0 amide bonds. The van der Waals surface area contributed by atoms with Gasteiger partial charge < -0.3 is 10.2 Å². The van der Waals surface area contributed by atoms with E-state index in [2.05, 4.69) is 38.0 Å².